The zero-order valence-electron chi connectivity index (χ0n) is 7.46. The molecule has 2 rings (SSSR count). The first-order valence-corrected chi connectivity index (χ1v) is 5.06. The van der Waals surface area contributed by atoms with Gasteiger partial charge in [0.25, 0.3) is 0 Å². The quantitative estimate of drug-likeness (QED) is 0.878. The van der Waals surface area contributed by atoms with E-state index in [1.807, 2.05) is 24.3 Å². The predicted molar refractivity (Wildman–Crippen MR) is 56.9 cm³/mol. The molecule has 1 saturated heterocycles. The van der Waals surface area contributed by atoms with Crippen LogP contribution in [0.1, 0.15) is 0 Å². The highest BCUT2D eigenvalue weighted by Gasteiger charge is 2.38. The van der Waals surface area contributed by atoms with Gasteiger partial charge in [0.2, 0.25) is 0 Å². The third-order valence-electron chi connectivity index (χ3n) is 2.12. The lowest BCUT2D eigenvalue weighted by molar-refractivity contribution is -0.0132. The maximum atomic E-state index is 8.96. The third kappa shape index (κ3) is 1.74. The molecule has 1 N–H and O–H groups in total. The Morgan fingerprint density at radius 3 is 2.79 bits per heavy atom. The molecule has 72 valence electrons. The minimum absolute atomic E-state index is 0.454. The molecule has 0 bridgehead atoms. The lowest BCUT2D eigenvalue weighted by Crippen LogP contribution is -2.54. The number of nitriles is 1. The number of hydrogen-bond donors (Lipinski definition) is 1. The molecule has 0 radical (unpaired) electrons. The van der Waals surface area contributed by atoms with E-state index in [0.717, 1.165) is 10.2 Å². The molecule has 1 heterocycles. The summed E-state index contributed by atoms with van der Waals surface area (Å²) in [5, 5.41) is 12.1. The Labute approximate surface area is 90.8 Å². The second-order valence-electron chi connectivity index (χ2n) is 3.32. The van der Waals surface area contributed by atoms with Crippen molar-refractivity contribution in [2.75, 3.05) is 18.5 Å². The number of rotatable bonds is 2. The fourth-order valence-corrected chi connectivity index (χ4v) is 1.71. The highest BCUT2D eigenvalue weighted by Crippen LogP contribution is 2.24. The van der Waals surface area contributed by atoms with Crippen molar-refractivity contribution in [3.63, 3.8) is 0 Å². The van der Waals surface area contributed by atoms with Gasteiger partial charge in [0, 0.05) is 10.2 Å². The van der Waals surface area contributed by atoms with E-state index < -0.39 is 5.54 Å². The number of benzene rings is 1. The Bertz CT molecular complexity index is 382. The molecule has 0 aromatic heterocycles. The summed E-state index contributed by atoms with van der Waals surface area (Å²) < 4.78 is 6.03. The minimum atomic E-state index is -0.527. The number of nitrogens with one attached hydrogen (secondary N) is 1. The lowest BCUT2D eigenvalue weighted by Gasteiger charge is -2.36. The van der Waals surface area contributed by atoms with E-state index in [2.05, 4.69) is 27.3 Å². The number of nitrogens with zero attached hydrogens (tertiary/aromatic N) is 1. The van der Waals surface area contributed by atoms with Crippen molar-refractivity contribution in [3.05, 3.63) is 28.7 Å². The summed E-state index contributed by atoms with van der Waals surface area (Å²) in [5.41, 5.74) is 0.407. The molecule has 1 aliphatic heterocycles. The van der Waals surface area contributed by atoms with Crippen molar-refractivity contribution in [2.24, 2.45) is 0 Å². The van der Waals surface area contributed by atoms with Crippen molar-refractivity contribution in [2.45, 2.75) is 5.54 Å². The number of anilines is 1. The van der Waals surface area contributed by atoms with E-state index in [-0.39, 0.29) is 0 Å². The van der Waals surface area contributed by atoms with Gasteiger partial charge in [-0.15, -0.1) is 0 Å². The van der Waals surface area contributed by atoms with Crippen LogP contribution < -0.4 is 5.32 Å². The summed E-state index contributed by atoms with van der Waals surface area (Å²) in [6.07, 6.45) is 0. The van der Waals surface area contributed by atoms with Crippen molar-refractivity contribution in [1.82, 2.24) is 0 Å². The van der Waals surface area contributed by atoms with Crippen LogP contribution in [-0.4, -0.2) is 18.8 Å². The summed E-state index contributed by atoms with van der Waals surface area (Å²) in [7, 11) is 0. The standard InChI is InChI=1S/C10H9BrN2O/c11-8-2-1-3-9(4-8)13-10(5-12)6-14-7-10/h1-4,13H,6-7H2. The molecule has 0 amide bonds. The Hall–Kier alpha value is -1.05. The monoisotopic (exact) mass is 252 g/mol. The van der Waals surface area contributed by atoms with Gasteiger partial charge in [-0.25, -0.2) is 0 Å². The SMILES string of the molecule is N#CC1(Nc2cccc(Br)c2)COC1. The van der Waals surface area contributed by atoms with E-state index in [1.54, 1.807) is 0 Å². The van der Waals surface area contributed by atoms with Crippen LogP contribution in [-0.2, 0) is 4.74 Å². The van der Waals surface area contributed by atoms with Crippen molar-refractivity contribution in [3.8, 4) is 6.07 Å². The van der Waals surface area contributed by atoms with E-state index in [9.17, 15) is 0 Å². The molecule has 3 nitrogen and oxygen atoms in total. The van der Waals surface area contributed by atoms with Gasteiger partial charge in [-0.2, -0.15) is 5.26 Å². The molecule has 4 heteroatoms. The minimum Gasteiger partial charge on any atom is -0.374 e. The maximum Gasteiger partial charge on any atom is 0.172 e. The van der Waals surface area contributed by atoms with Gasteiger partial charge in [0.1, 0.15) is 0 Å². The average Bonchev–Trinajstić information content (AvgIpc) is 2.11. The second-order valence-corrected chi connectivity index (χ2v) is 4.24. The van der Waals surface area contributed by atoms with E-state index >= 15 is 0 Å². The van der Waals surface area contributed by atoms with Gasteiger partial charge in [-0.1, -0.05) is 22.0 Å². The third-order valence-corrected chi connectivity index (χ3v) is 2.61. The fraction of sp³-hybridized carbons (Fsp3) is 0.300. The fourth-order valence-electron chi connectivity index (χ4n) is 1.31. The zero-order valence-corrected chi connectivity index (χ0v) is 9.04. The molecule has 0 spiro atoms. The van der Waals surface area contributed by atoms with Gasteiger partial charge in [-0.3, -0.25) is 0 Å². The number of ether oxygens (including phenoxy) is 1. The van der Waals surface area contributed by atoms with Crippen LogP contribution in [0.5, 0.6) is 0 Å². The molecule has 0 saturated carbocycles. The second kappa shape index (κ2) is 3.60. The van der Waals surface area contributed by atoms with E-state index in [4.69, 9.17) is 10.00 Å². The van der Waals surface area contributed by atoms with Gasteiger partial charge < -0.3 is 10.1 Å². The Kier molecular flexibility index (Phi) is 2.44. The zero-order chi connectivity index (χ0) is 10.0. The van der Waals surface area contributed by atoms with Crippen LogP contribution in [0.15, 0.2) is 28.7 Å². The molecule has 1 aliphatic rings. The highest BCUT2D eigenvalue weighted by molar-refractivity contribution is 9.10. The number of hydrogen-bond acceptors (Lipinski definition) is 3. The van der Waals surface area contributed by atoms with Crippen molar-refractivity contribution < 1.29 is 4.74 Å². The highest BCUT2D eigenvalue weighted by atomic mass is 79.9. The Morgan fingerprint density at radius 2 is 2.29 bits per heavy atom. The first kappa shape index (κ1) is 9.50. The van der Waals surface area contributed by atoms with Crippen LogP contribution in [0.4, 0.5) is 5.69 Å². The summed E-state index contributed by atoms with van der Waals surface area (Å²) in [6, 6.07) is 9.98. The first-order chi connectivity index (χ1) is 6.74. The van der Waals surface area contributed by atoms with E-state index in [1.165, 1.54) is 0 Å². The predicted octanol–water partition coefficient (Wildman–Crippen LogP) is 2.15. The van der Waals surface area contributed by atoms with Crippen LogP contribution in [0.3, 0.4) is 0 Å². The van der Waals surface area contributed by atoms with Gasteiger partial charge in [0.05, 0.1) is 19.3 Å². The van der Waals surface area contributed by atoms with Crippen LogP contribution >= 0.6 is 15.9 Å². The molecule has 0 unspecified atom stereocenters. The van der Waals surface area contributed by atoms with Gasteiger partial charge in [-0.05, 0) is 18.2 Å². The summed E-state index contributed by atoms with van der Waals surface area (Å²) in [5.74, 6) is 0. The molecule has 1 aromatic rings. The van der Waals surface area contributed by atoms with Gasteiger partial charge >= 0.3 is 0 Å². The topological polar surface area (TPSA) is 45.0 Å². The van der Waals surface area contributed by atoms with Crippen molar-refractivity contribution in [1.29, 1.82) is 5.26 Å². The summed E-state index contributed by atoms with van der Waals surface area (Å²) in [4.78, 5) is 0. The van der Waals surface area contributed by atoms with Crippen LogP contribution in [0.2, 0.25) is 0 Å². The lowest BCUT2D eigenvalue weighted by atomic mass is 9.99. The molecule has 0 aliphatic carbocycles. The van der Waals surface area contributed by atoms with E-state index in [0.29, 0.717) is 13.2 Å². The molecule has 1 aromatic carbocycles. The molecule has 0 atom stereocenters. The molecular weight excluding hydrogens is 244 g/mol. The Balaban J connectivity index is 2.14. The largest absolute Gasteiger partial charge is 0.374 e. The molecular formula is C10H9BrN2O. The smallest absolute Gasteiger partial charge is 0.172 e. The normalized spacial score (nSPS) is 18.0. The van der Waals surface area contributed by atoms with Crippen molar-refractivity contribution >= 4 is 21.6 Å². The summed E-state index contributed by atoms with van der Waals surface area (Å²) in [6.45, 7) is 0.909. The molecule has 14 heavy (non-hydrogen) atoms. The van der Waals surface area contributed by atoms with Gasteiger partial charge in [0.15, 0.2) is 5.54 Å². The summed E-state index contributed by atoms with van der Waals surface area (Å²) >= 11 is 3.38. The number of halogens is 1. The average molecular weight is 253 g/mol. The Morgan fingerprint density at radius 1 is 1.50 bits per heavy atom. The molecule has 1 fully saturated rings. The van der Waals surface area contributed by atoms with Crippen LogP contribution in [0.25, 0.3) is 0 Å². The maximum absolute atomic E-state index is 8.96. The van der Waals surface area contributed by atoms with Crippen LogP contribution in [0, 0.1) is 11.3 Å². The first-order valence-electron chi connectivity index (χ1n) is 4.27.